The first-order valence-corrected chi connectivity index (χ1v) is 10.6. The van der Waals surface area contributed by atoms with Gasteiger partial charge >= 0.3 is 0 Å². The number of hydrogen-bond acceptors (Lipinski definition) is 3. The Hall–Kier alpha value is -3.58. The molecule has 0 spiro atoms. The van der Waals surface area contributed by atoms with Crippen molar-refractivity contribution in [1.29, 1.82) is 0 Å². The second kappa shape index (κ2) is 8.88. The van der Waals surface area contributed by atoms with Crippen LogP contribution in [0.5, 0.6) is 0 Å². The average Bonchev–Trinajstić information content (AvgIpc) is 3.31. The van der Waals surface area contributed by atoms with E-state index in [1.165, 1.54) is 0 Å². The Kier molecular flexibility index (Phi) is 6.01. The molecule has 0 bridgehead atoms. The fraction of sp³-hybridized carbons (Fsp3) is 0.208. The Morgan fingerprint density at radius 3 is 2.44 bits per heavy atom. The van der Waals surface area contributed by atoms with Crippen LogP contribution in [0, 0.1) is 19.8 Å². The first kappa shape index (κ1) is 21.6. The molecule has 32 heavy (non-hydrogen) atoms. The summed E-state index contributed by atoms with van der Waals surface area (Å²) in [5.74, 6) is -1.17. The number of aromatic nitrogens is 1. The maximum absolute atomic E-state index is 12.8. The smallest absolute Gasteiger partial charge is 0.270 e. The topological polar surface area (TPSA) is 83.4 Å². The highest BCUT2D eigenvalue weighted by atomic mass is 35.5. The van der Waals surface area contributed by atoms with E-state index in [2.05, 4.69) is 10.7 Å². The number of benzene rings is 2. The lowest BCUT2D eigenvalue weighted by atomic mass is 10.1. The number of carbonyl (C=O) groups is 3. The number of amides is 3. The molecule has 1 aromatic heterocycles. The summed E-state index contributed by atoms with van der Waals surface area (Å²) in [7, 11) is 0. The van der Waals surface area contributed by atoms with Crippen molar-refractivity contribution in [2.75, 3.05) is 22.2 Å². The number of aryl methyl sites for hydroxylation is 2. The van der Waals surface area contributed by atoms with Crippen molar-refractivity contribution >= 4 is 40.7 Å². The number of halogens is 1. The highest BCUT2D eigenvalue weighted by molar-refractivity contribution is 6.31. The van der Waals surface area contributed by atoms with Gasteiger partial charge < -0.3 is 10.2 Å². The van der Waals surface area contributed by atoms with Gasteiger partial charge in [0.2, 0.25) is 11.8 Å². The Bertz CT molecular complexity index is 1180. The highest BCUT2D eigenvalue weighted by Gasteiger charge is 2.35. The standard InChI is InChI=1S/C24H23ClN4O3/c1-15-9-10-16(2)29(15)27-24(32)17-5-3-7-20(11-17)26-23(31)18-12-22(30)28(14-18)21-8-4-6-19(25)13-21/h3-11,13,18H,12,14H2,1-2H3,(H,26,31)(H,27,32)/t18-/m1/s1. The fourth-order valence-corrected chi connectivity index (χ4v) is 3.95. The summed E-state index contributed by atoms with van der Waals surface area (Å²) in [6.07, 6.45) is 0.116. The molecule has 4 rings (SSSR count). The Morgan fingerprint density at radius 2 is 1.72 bits per heavy atom. The predicted octanol–water partition coefficient (Wildman–Crippen LogP) is 4.13. The lowest BCUT2D eigenvalue weighted by molar-refractivity contribution is -0.122. The molecule has 7 nitrogen and oxygen atoms in total. The van der Waals surface area contributed by atoms with Gasteiger partial charge in [-0.3, -0.25) is 24.5 Å². The second-order valence-electron chi connectivity index (χ2n) is 7.85. The Morgan fingerprint density at radius 1 is 1.00 bits per heavy atom. The highest BCUT2D eigenvalue weighted by Crippen LogP contribution is 2.28. The van der Waals surface area contributed by atoms with E-state index < -0.39 is 5.92 Å². The van der Waals surface area contributed by atoms with E-state index in [9.17, 15) is 14.4 Å². The Balaban J connectivity index is 1.43. The third kappa shape index (κ3) is 4.53. The number of nitrogens with zero attached hydrogens (tertiary/aromatic N) is 2. The monoisotopic (exact) mass is 450 g/mol. The fourth-order valence-electron chi connectivity index (χ4n) is 3.77. The minimum atomic E-state index is -0.496. The van der Waals surface area contributed by atoms with Crippen LogP contribution in [0.2, 0.25) is 5.02 Å². The van der Waals surface area contributed by atoms with Crippen molar-refractivity contribution in [2.24, 2.45) is 5.92 Å². The van der Waals surface area contributed by atoms with Crippen LogP contribution in [-0.2, 0) is 9.59 Å². The van der Waals surface area contributed by atoms with Gasteiger partial charge in [0.15, 0.2) is 0 Å². The summed E-state index contributed by atoms with van der Waals surface area (Å²) >= 11 is 6.03. The first-order chi connectivity index (χ1) is 15.3. The van der Waals surface area contributed by atoms with E-state index in [-0.39, 0.29) is 30.7 Å². The predicted molar refractivity (Wildman–Crippen MR) is 125 cm³/mol. The quantitative estimate of drug-likeness (QED) is 0.613. The molecular formula is C24H23ClN4O3. The molecule has 0 saturated carbocycles. The van der Waals surface area contributed by atoms with Crippen LogP contribution in [0.15, 0.2) is 60.7 Å². The zero-order chi connectivity index (χ0) is 22.8. The van der Waals surface area contributed by atoms with E-state index in [1.807, 2.05) is 26.0 Å². The second-order valence-corrected chi connectivity index (χ2v) is 8.28. The van der Waals surface area contributed by atoms with Crippen LogP contribution in [-0.4, -0.2) is 28.9 Å². The summed E-state index contributed by atoms with van der Waals surface area (Å²) < 4.78 is 1.71. The van der Waals surface area contributed by atoms with E-state index >= 15 is 0 Å². The molecule has 2 heterocycles. The normalized spacial score (nSPS) is 15.7. The molecule has 1 saturated heterocycles. The van der Waals surface area contributed by atoms with E-state index in [0.29, 0.717) is 22.0 Å². The zero-order valence-electron chi connectivity index (χ0n) is 17.8. The maximum atomic E-state index is 12.8. The molecule has 2 aromatic carbocycles. The van der Waals surface area contributed by atoms with Crippen LogP contribution in [0.3, 0.4) is 0 Å². The van der Waals surface area contributed by atoms with Crippen molar-refractivity contribution in [3.8, 4) is 0 Å². The van der Waals surface area contributed by atoms with Crippen molar-refractivity contribution in [2.45, 2.75) is 20.3 Å². The van der Waals surface area contributed by atoms with Crippen LogP contribution in [0.25, 0.3) is 0 Å². The minimum absolute atomic E-state index is 0.116. The molecule has 2 N–H and O–H groups in total. The maximum Gasteiger partial charge on any atom is 0.270 e. The van der Waals surface area contributed by atoms with Gasteiger partial charge in [-0.15, -0.1) is 0 Å². The van der Waals surface area contributed by atoms with Gasteiger partial charge in [-0.1, -0.05) is 23.7 Å². The minimum Gasteiger partial charge on any atom is -0.326 e. The van der Waals surface area contributed by atoms with Gasteiger partial charge in [0.25, 0.3) is 5.91 Å². The van der Waals surface area contributed by atoms with Gasteiger partial charge in [-0.05, 0) is 62.4 Å². The van der Waals surface area contributed by atoms with Crippen molar-refractivity contribution in [3.05, 3.63) is 82.6 Å². The van der Waals surface area contributed by atoms with Crippen molar-refractivity contribution < 1.29 is 14.4 Å². The molecule has 1 aliphatic heterocycles. The molecule has 0 aliphatic carbocycles. The number of carbonyl (C=O) groups excluding carboxylic acids is 3. The molecule has 0 radical (unpaired) electrons. The summed E-state index contributed by atoms with van der Waals surface area (Å²) in [5.41, 5.74) is 6.26. The van der Waals surface area contributed by atoms with E-state index in [1.54, 1.807) is 58.1 Å². The molecular weight excluding hydrogens is 428 g/mol. The third-order valence-corrected chi connectivity index (χ3v) is 5.73. The molecule has 8 heteroatoms. The van der Waals surface area contributed by atoms with E-state index in [4.69, 9.17) is 11.6 Å². The average molecular weight is 451 g/mol. The summed E-state index contributed by atoms with van der Waals surface area (Å²) in [6, 6.07) is 17.6. The summed E-state index contributed by atoms with van der Waals surface area (Å²) in [5, 5.41) is 3.37. The molecule has 3 aromatic rings. The van der Waals surface area contributed by atoms with Gasteiger partial charge in [0, 0.05) is 46.3 Å². The first-order valence-electron chi connectivity index (χ1n) is 10.2. The lowest BCUT2D eigenvalue weighted by Crippen LogP contribution is -2.28. The third-order valence-electron chi connectivity index (χ3n) is 5.49. The number of nitrogens with one attached hydrogen (secondary N) is 2. The van der Waals surface area contributed by atoms with Crippen LogP contribution >= 0.6 is 11.6 Å². The van der Waals surface area contributed by atoms with Gasteiger partial charge in [0.05, 0.1) is 5.92 Å². The lowest BCUT2D eigenvalue weighted by Gasteiger charge is -2.17. The van der Waals surface area contributed by atoms with Crippen molar-refractivity contribution in [3.63, 3.8) is 0 Å². The molecule has 164 valence electrons. The van der Waals surface area contributed by atoms with Crippen LogP contribution < -0.4 is 15.6 Å². The molecule has 1 atom stereocenters. The van der Waals surface area contributed by atoms with Crippen LogP contribution in [0.1, 0.15) is 28.2 Å². The van der Waals surface area contributed by atoms with Gasteiger partial charge in [-0.2, -0.15) is 0 Å². The van der Waals surface area contributed by atoms with Gasteiger partial charge in [0.1, 0.15) is 0 Å². The number of hydrogen-bond donors (Lipinski definition) is 2. The largest absolute Gasteiger partial charge is 0.326 e. The van der Waals surface area contributed by atoms with Crippen molar-refractivity contribution in [1.82, 2.24) is 4.68 Å². The van der Waals surface area contributed by atoms with E-state index in [0.717, 1.165) is 11.4 Å². The summed E-state index contributed by atoms with van der Waals surface area (Å²) in [4.78, 5) is 39.5. The Labute approximate surface area is 190 Å². The molecule has 1 fully saturated rings. The molecule has 0 unspecified atom stereocenters. The number of anilines is 2. The summed E-state index contributed by atoms with van der Waals surface area (Å²) in [6.45, 7) is 4.08. The molecule has 1 aliphatic rings. The SMILES string of the molecule is Cc1ccc(C)n1NC(=O)c1cccc(NC(=O)[C@@H]2CC(=O)N(c3cccc(Cl)c3)C2)c1. The van der Waals surface area contributed by atoms with Crippen LogP contribution in [0.4, 0.5) is 11.4 Å². The molecule has 3 amide bonds. The number of rotatable bonds is 5. The van der Waals surface area contributed by atoms with Gasteiger partial charge in [-0.25, -0.2) is 0 Å². The zero-order valence-corrected chi connectivity index (χ0v) is 18.5.